The van der Waals surface area contributed by atoms with Crippen LogP contribution in [0.4, 0.5) is 5.69 Å². The van der Waals surface area contributed by atoms with Crippen LogP contribution in [0.15, 0.2) is 59.1 Å². The number of carbonyl (C=O) groups is 2. The van der Waals surface area contributed by atoms with Crippen molar-refractivity contribution < 1.29 is 9.59 Å². The molecule has 2 aromatic carbocycles. The lowest BCUT2D eigenvalue weighted by molar-refractivity contribution is -0.126. The summed E-state index contributed by atoms with van der Waals surface area (Å²) in [5.41, 5.74) is 1.74. The average Bonchev–Trinajstić information content (AvgIpc) is 3.19. The summed E-state index contributed by atoms with van der Waals surface area (Å²) in [6.45, 7) is 2.17. The second kappa shape index (κ2) is 9.67. The van der Waals surface area contributed by atoms with E-state index in [9.17, 15) is 9.59 Å². The molecule has 0 spiro atoms. The molecule has 2 aromatic rings. The molecular weight excluding hydrogens is 406 g/mol. The van der Waals surface area contributed by atoms with Gasteiger partial charge in [0.05, 0.1) is 0 Å². The Morgan fingerprint density at radius 3 is 2.33 bits per heavy atom. The number of hydrogen-bond donors (Lipinski definition) is 2. The first-order valence-electron chi connectivity index (χ1n) is 9.25. The Bertz CT molecular complexity index is 759. The lowest BCUT2D eigenvalue weighted by Gasteiger charge is -2.26. The third kappa shape index (κ3) is 5.65. The fraction of sp³-hybridized carbons (Fsp3) is 0.333. The molecule has 1 fully saturated rings. The molecular formula is C21H24BrN3O2. The largest absolute Gasteiger partial charge is 0.354 e. The molecule has 3 rings (SSSR count). The van der Waals surface area contributed by atoms with Crippen LogP contribution in [0.5, 0.6) is 0 Å². The van der Waals surface area contributed by atoms with Crippen molar-refractivity contribution in [3.05, 3.63) is 64.6 Å². The van der Waals surface area contributed by atoms with Gasteiger partial charge in [-0.2, -0.15) is 0 Å². The predicted octanol–water partition coefficient (Wildman–Crippen LogP) is 3.73. The molecule has 0 bridgehead atoms. The topological polar surface area (TPSA) is 61.4 Å². The van der Waals surface area contributed by atoms with E-state index in [-0.39, 0.29) is 24.3 Å². The van der Waals surface area contributed by atoms with Gasteiger partial charge in [-0.25, -0.2) is 0 Å². The zero-order chi connectivity index (χ0) is 19.1. The van der Waals surface area contributed by atoms with Crippen molar-refractivity contribution in [2.45, 2.75) is 25.3 Å². The van der Waals surface area contributed by atoms with Crippen molar-refractivity contribution in [1.29, 1.82) is 0 Å². The number of nitrogens with one attached hydrogen (secondary N) is 2. The number of nitrogens with zero attached hydrogens (tertiary/aromatic N) is 1. The van der Waals surface area contributed by atoms with Crippen LogP contribution >= 0.6 is 15.9 Å². The second-order valence-electron chi connectivity index (χ2n) is 6.65. The monoisotopic (exact) mass is 429 g/mol. The van der Waals surface area contributed by atoms with Crippen LogP contribution in [0.1, 0.15) is 30.9 Å². The molecule has 5 nitrogen and oxygen atoms in total. The molecule has 1 unspecified atom stereocenters. The van der Waals surface area contributed by atoms with Crippen LogP contribution in [0.25, 0.3) is 0 Å². The Morgan fingerprint density at radius 1 is 1.00 bits per heavy atom. The summed E-state index contributed by atoms with van der Waals surface area (Å²) in [5.74, 6) is -0.158. The van der Waals surface area contributed by atoms with Crippen molar-refractivity contribution in [2.75, 3.05) is 25.0 Å². The van der Waals surface area contributed by atoms with E-state index >= 15 is 0 Å². The highest BCUT2D eigenvalue weighted by Gasteiger charge is 2.29. The van der Waals surface area contributed by atoms with Gasteiger partial charge >= 0.3 is 0 Å². The van der Waals surface area contributed by atoms with Gasteiger partial charge in [0.15, 0.2) is 0 Å². The SMILES string of the molecule is O=C(CCNC(=O)C(c1ccccc1)N1CCCC1)Nc1ccc(Br)cc1. The quantitative estimate of drug-likeness (QED) is 0.704. The van der Waals surface area contributed by atoms with E-state index in [1.165, 1.54) is 0 Å². The minimum Gasteiger partial charge on any atom is -0.354 e. The molecule has 1 aliphatic heterocycles. The van der Waals surface area contributed by atoms with Crippen molar-refractivity contribution in [3.8, 4) is 0 Å². The molecule has 2 N–H and O–H groups in total. The zero-order valence-electron chi connectivity index (χ0n) is 15.2. The smallest absolute Gasteiger partial charge is 0.241 e. The minimum atomic E-state index is -0.289. The number of amides is 2. The van der Waals surface area contributed by atoms with E-state index in [1.54, 1.807) is 0 Å². The van der Waals surface area contributed by atoms with E-state index in [0.717, 1.165) is 41.7 Å². The highest BCUT2D eigenvalue weighted by molar-refractivity contribution is 9.10. The Balaban J connectivity index is 1.53. The van der Waals surface area contributed by atoms with E-state index in [1.807, 2.05) is 54.6 Å². The first kappa shape index (κ1) is 19.6. The number of rotatable bonds is 7. The van der Waals surface area contributed by atoms with Crippen LogP contribution < -0.4 is 10.6 Å². The van der Waals surface area contributed by atoms with Crippen molar-refractivity contribution >= 4 is 33.4 Å². The summed E-state index contributed by atoms with van der Waals surface area (Å²) in [6, 6.07) is 17.0. The normalized spacial score (nSPS) is 15.3. The molecule has 142 valence electrons. The highest BCUT2D eigenvalue weighted by Crippen LogP contribution is 2.25. The summed E-state index contributed by atoms with van der Waals surface area (Å²) >= 11 is 3.37. The molecule has 0 aliphatic carbocycles. The summed E-state index contributed by atoms with van der Waals surface area (Å²) < 4.78 is 0.960. The lowest BCUT2D eigenvalue weighted by atomic mass is 10.0. The standard InChI is InChI=1S/C21H24BrN3O2/c22-17-8-10-18(11-9-17)24-19(26)12-13-23-21(27)20(25-14-4-5-15-25)16-6-2-1-3-7-16/h1-3,6-11,20H,4-5,12-15H2,(H,23,27)(H,24,26). The molecule has 1 atom stereocenters. The Hall–Kier alpha value is -2.18. The number of likely N-dealkylation sites (tertiary alicyclic amines) is 1. The molecule has 0 aromatic heterocycles. The maximum Gasteiger partial charge on any atom is 0.241 e. The van der Waals surface area contributed by atoms with Gasteiger partial charge in [-0.05, 0) is 55.8 Å². The molecule has 6 heteroatoms. The van der Waals surface area contributed by atoms with Gasteiger partial charge in [0.1, 0.15) is 6.04 Å². The fourth-order valence-corrected chi connectivity index (χ4v) is 3.58. The molecule has 0 radical (unpaired) electrons. The van der Waals surface area contributed by atoms with Gasteiger partial charge in [-0.15, -0.1) is 0 Å². The number of benzene rings is 2. The van der Waals surface area contributed by atoms with Gasteiger partial charge in [0, 0.05) is 23.1 Å². The maximum atomic E-state index is 12.8. The van der Waals surface area contributed by atoms with E-state index in [4.69, 9.17) is 0 Å². The van der Waals surface area contributed by atoms with Gasteiger partial charge < -0.3 is 10.6 Å². The summed E-state index contributed by atoms with van der Waals surface area (Å²) in [5, 5.41) is 5.77. The van der Waals surface area contributed by atoms with Crippen LogP contribution in [0.2, 0.25) is 0 Å². The Kier molecular flexibility index (Phi) is 7.01. The summed E-state index contributed by atoms with van der Waals surface area (Å²) in [6.07, 6.45) is 2.47. The van der Waals surface area contributed by atoms with Crippen LogP contribution in [-0.4, -0.2) is 36.3 Å². The van der Waals surface area contributed by atoms with E-state index in [0.29, 0.717) is 6.54 Å². The van der Waals surface area contributed by atoms with Gasteiger partial charge in [-0.1, -0.05) is 46.3 Å². The molecule has 2 amide bonds. The van der Waals surface area contributed by atoms with E-state index < -0.39 is 0 Å². The second-order valence-corrected chi connectivity index (χ2v) is 7.57. The first-order valence-corrected chi connectivity index (χ1v) is 10.0. The third-order valence-corrected chi connectivity index (χ3v) is 5.18. The summed E-state index contributed by atoms with van der Waals surface area (Å²) in [4.78, 5) is 27.1. The van der Waals surface area contributed by atoms with Crippen molar-refractivity contribution in [2.24, 2.45) is 0 Å². The molecule has 1 heterocycles. The van der Waals surface area contributed by atoms with Crippen LogP contribution in [0.3, 0.4) is 0 Å². The maximum absolute atomic E-state index is 12.8. The molecule has 1 aliphatic rings. The molecule has 0 saturated carbocycles. The van der Waals surface area contributed by atoms with Crippen molar-refractivity contribution in [1.82, 2.24) is 10.2 Å². The van der Waals surface area contributed by atoms with E-state index in [2.05, 4.69) is 31.5 Å². The number of anilines is 1. The molecule has 1 saturated heterocycles. The Morgan fingerprint density at radius 2 is 1.67 bits per heavy atom. The zero-order valence-corrected chi connectivity index (χ0v) is 16.7. The van der Waals surface area contributed by atoms with Crippen molar-refractivity contribution in [3.63, 3.8) is 0 Å². The van der Waals surface area contributed by atoms with Gasteiger partial charge in [0.2, 0.25) is 11.8 Å². The van der Waals surface area contributed by atoms with Gasteiger partial charge in [0.25, 0.3) is 0 Å². The summed E-state index contributed by atoms with van der Waals surface area (Å²) in [7, 11) is 0. The third-order valence-electron chi connectivity index (χ3n) is 4.65. The minimum absolute atomic E-state index is 0.0421. The number of halogens is 1. The van der Waals surface area contributed by atoms with Crippen LogP contribution in [0, 0.1) is 0 Å². The lowest BCUT2D eigenvalue weighted by Crippen LogP contribution is -2.40. The molecule has 27 heavy (non-hydrogen) atoms. The highest BCUT2D eigenvalue weighted by atomic mass is 79.9. The van der Waals surface area contributed by atoms with Crippen LogP contribution in [-0.2, 0) is 9.59 Å². The fourth-order valence-electron chi connectivity index (χ4n) is 3.32. The average molecular weight is 430 g/mol. The van der Waals surface area contributed by atoms with Gasteiger partial charge in [-0.3, -0.25) is 14.5 Å². The first-order chi connectivity index (χ1) is 13.1. The predicted molar refractivity (Wildman–Crippen MR) is 110 cm³/mol. The number of hydrogen-bond acceptors (Lipinski definition) is 3. The Labute approximate surface area is 168 Å². The number of carbonyl (C=O) groups excluding carboxylic acids is 2.